The SMILES string of the molecule is CC(O)CN(C)CCC(=O)Nc1cc(Cl)ccc1Cl. The van der Waals surface area contributed by atoms with Crippen LogP contribution >= 0.6 is 23.2 Å². The summed E-state index contributed by atoms with van der Waals surface area (Å²) in [5.74, 6) is -0.137. The van der Waals surface area contributed by atoms with E-state index in [-0.39, 0.29) is 5.91 Å². The Morgan fingerprint density at radius 2 is 2.16 bits per heavy atom. The van der Waals surface area contributed by atoms with Crippen LogP contribution in [-0.4, -0.2) is 42.2 Å². The Kier molecular flexibility index (Phi) is 6.58. The number of carbonyl (C=O) groups is 1. The Labute approximate surface area is 123 Å². The smallest absolute Gasteiger partial charge is 0.225 e. The molecule has 0 aliphatic heterocycles. The number of rotatable bonds is 6. The van der Waals surface area contributed by atoms with Crippen molar-refractivity contribution in [2.75, 3.05) is 25.5 Å². The van der Waals surface area contributed by atoms with Crippen molar-refractivity contribution in [2.24, 2.45) is 0 Å². The number of hydrogen-bond donors (Lipinski definition) is 2. The number of amides is 1. The third-order valence-electron chi connectivity index (χ3n) is 2.50. The van der Waals surface area contributed by atoms with Crippen molar-refractivity contribution in [3.8, 4) is 0 Å². The molecule has 0 fully saturated rings. The monoisotopic (exact) mass is 304 g/mol. The predicted octanol–water partition coefficient (Wildman–Crippen LogP) is 2.63. The second-order valence-corrected chi connectivity index (χ2v) is 5.38. The zero-order valence-corrected chi connectivity index (χ0v) is 12.5. The number of carbonyl (C=O) groups excluding carboxylic acids is 1. The van der Waals surface area contributed by atoms with Gasteiger partial charge in [0.1, 0.15) is 0 Å². The van der Waals surface area contributed by atoms with Crippen molar-refractivity contribution in [1.29, 1.82) is 0 Å². The molecular formula is C13H18Cl2N2O2. The van der Waals surface area contributed by atoms with Crippen molar-refractivity contribution in [3.05, 3.63) is 28.2 Å². The van der Waals surface area contributed by atoms with Gasteiger partial charge in [-0.05, 0) is 32.2 Å². The summed E-state index contributed by atoms with van der Waals surface area (Å²) in [4.78, 5) is 13.7. The van der Waals surface area contributed by atoms with Crippen LogP contribution in [0.1, 0.15) is 13.3 Å². The molecule has 0 saturated heterocycles. The Balaban J connectivity index is 2.45. The van der Waals surface area contributed by atoms with Crippen LogP contribution in [0, 0.1) is 0 Å². The molecule has 0 saturated carbocycles. The molecule has 106 valence electrons. The second kappa shape index (κ2) is 7.70. The van der Waals surface area contributed by atoms with Crippen LogP contribution in [0.5, 0.6) is 0 Å². The number of nitrogens with one attached hydrogen (secondary N) is 1. The van der Waals surface area contributed by atoms with Crippen molar-refractivity contribution >= 4 is 34.8 Å². The van der Waals surface area contributed by atoms with Gasteiger partial charge in [-0.15, -0.1) is 0 Å². The van der Waals surface area contributed by atoms with E-state index < -0.39 is 6.10 Å². The quantitative estimate of drug-likeness (QED) is 0.849. The number of nitrogens with zero attached hydrogens (tertiary/aromatic N) is 1. The number of hydrogen-bond acceptors (Lipinski definition) is 3. The van der Waals surface area contributed by atoms with Crippen LogP contribution in [-0.2, 0) is 4.79 Å². The van der Waals surface area contributed by atoms with Gasteiger partial charge in [-0.1, -0.05) is 23.2 Å². The molecule has 1 aromatic carbocycles. The first kappa shape index (κ1) is 16.2. The molecule has 1 rings (SSSR count). The van der Waals surface area contributed by atoms with E-state index in [1.807, 2.05) is 11.9 Å². The lowest BCUT2D eigenvalue weighted by Crippen LogP contribution is -2.30. The molecule has 2 N–H and O–H groups in total. The molecule has 1 atom stereocenters. The maximum Gasteiger partial charge on any atom is 0.225 e. The van der Waals surface area contributed by atoms with E-state index >= 15 is 0 Å². The molecule has 0 radical (unpaired) electrons. The molecule has 0 aromatic heterocycles. The third kappa shape index (κ3) is 6.25. The standard InChI is InChI=1S/C13H18Cl2N2O2/c1-9(18)8-17(2)6-5-13(19)16-12-7-10(14)3-4-11(12)15/h3-4,7,9,18H,5-6,8H2,1-2H3,(H,16,19). The first-order valence-corrected chi connectivity index (χ1v) is 6.75. The van der Waals surface area contributed by atoms with Crippen LogP contribution in [0.3, 0.4) is 0 Å². The first-order valence-electron chi connectivity index (χ1n) is 6.00. The summed E-state index contributed by atoms with van der Waals surface area (Å²) in [6, 6.07) is 4.91. The van der Waals surface area contributed by atoms with Gasteiger partial charge in [0, 0.05) is 24.5 Å². The van der Waals surface area contributed by atoms with E-state index in [4.69, 9.17) is 23.2 Å². The summed E-state index contributed by atoms with van der Waals surface area (Å²) in [7, 11) is 1.85. The van der Waals surface area contributed by atoms with Gasteiger partial charge in [0.2, 0.25) is 5.91 Å². The minimum Gasteiger partial charge on any atom is -0.392 e. The number of anilines is 1. The average Bonchev–Trinajstić information content (AvgIpc) is 2.30. The molecule has 1 unspecified atom stereocenters. The lowest BCUT2D eigenvalue weighted by molar-refractivity contribution is -0.116. The lowest BCUT2D eigenvalue weighted by Gasteiger charge is -2.17. The summed E-state index contributed by atoms with van der Waals surface area (Å²) in [6.45, 7) is 2.81. The van der Waals surface area contributed by atoms with Gasteiger partial charge in [-0.3, -0.25) is 4.79 Å². The van der Waals surface area contributed by atoms with Gasteiger partial charge in [0.05, 0.1) is 16.8 Å². The number of aliphatic hydroxyl groups is 1. The van der Waals surface area contributed by atoms with E-state index in [9.17, 15) is 9.90 Å². The zero-order valence-electron chi connectivity index (χ0n) is 11.0. The molecule has 0 aliphatic carbocycles. The highest BCUT2D eigenvalue weighted by Crippen LogP contribution is 2.25. The highest BCUT2D eigenvalue weighted by Gasteiger charge is 2.09. The van der Waals surface area contributed by atoms with Gasteiger partial charge in [-0.2, -0.15) is 0 Å². The molecule has 4 nitrogen and oxygen atoms in total. The van der Waals surface area contributed by atoms with Crippen LogP contribution in [0.25, 0.3) is 0 Å². The molecule has 0 aliphatic rings. The van der Waals surface area contributed by atoms with Gasteiger partial charge >= 0.3 is 0 Å². The van der Waals surface area contributed by atoms with Crippen molar-refractivity contribution in [1.82, 2.24) is 4.90 Å². The maximum atomic E-state index is 11.8. The summed E-state index contributed by atoms with van der Waals surface area (Å²) in [5, 5.41) is 12.9. The van der Waals surface area contributed by atoms with Crippen LogP contribution in [0.4, 0.5) is 5.69 Å². The fraction of sp³-hybridized carbons (Fsp3) is 0.462. The Hall–Kier alpha value is -0.810. The highest BCUT2D eigenvalue weighted by atomic mass is 35.5. The molecule has 0 spiro atoms. The van der Waals surface area contributed by atoms with Crippen molar-refractivity contribution < 1.29 is 9.90 Å². The van der Waals surface area contributed by atoms with Gasteiger partial charge in [0.15, 0.2) is 0 Å². The summed E-state index contributed by atoms with van der Waals surface area (Å²) in [6.07, 6.45) is -0.0815. The Morgan fingerprint density at radius 3 is 2.79 bits per heavy atom. The molecule has 19 heavy (non-hydrogen) atoms. The summed E-state index contributed by atoms with van der Waals surface area (Å²) in [5.41, 5.74) is 0.511. The lowest BCUT2D eigenvalue weighted by atomic mass is 10.3. The predicted molar refractivity (Wildman–Crippen MR) is 78.9 cm³/mol. The average molecular weight is 305 g/mol. The molecule has 6 heteroatoms. The Morgan fingerprint density at radius 1 is 1.47 bits per heavy atom. The Bertz CT molecular complexity index is 439. The maximum absolute atomic E-state index is 11.8. The zero-order chi connectivity index (χ0) is 14.4. The fourth-order valence-corrected chi connectivity index (χ4v) is 1.98. The number of likely N-dealkylation sites (N-methyl/N-ethyl adjacent to an activating group) is 1. The number of benzene rings is 1. The van der Waals surface area contributed by atoms with Gasteiger partial charge in [0.25, 0.3) is 0 Å². The van der Waals surface area contributed by atoms with Crippen LogP contribution in [0.2, 0.25) is 10.0 Å². The van der Waals surface area contributed by atoms with E-state index in [1.54, 1.807) is 25.1 Å². The molecule has 1 amide bonds. The van der Waals surface area contributed by atoms with E-state index in [1.165, 1.54) is 0 Å². The van der Waals surface area contributed by atoms with Gasteiger partial charge in [-0.25, -0.2) is 0 Å². The van der Waals surface area contributed by atoms with Crippen LogP contribution in [0.15, 0.2) is 18.2 Å². The molecule has 1 aromatic rings. The molecular weight excluding hydrogens is 287 g/mol. The number of aliphatic hydroxyl groups excluding tert-OH is 1. The highest BCUT2D eigenvalue weighted by molar-refractivity contribution is 6.35. The van der Waals surface area contributed by atoms with E-state index in [0.29, 0.717) is 35.2 Å². The topological polar surface area (TPSA) is 52.6 Å². The van der Waals surface area contributed by atoms with Crippen molar-refractivity contribution in [3.63, 3.8) is 0 Å². The minimum absolute atomic E-state index is 0.137. The van der Waals surface area contributed by atoms with Gasteiger partial charge < -0.3 is 15.3 Å². The van der Waals surface area contributed by atoms with Crippen molar-refractivity contribution in [2.45, 2.75) is 19.4 Å². The summed E-state index contributed by atoms with van der Waals surface area (Å²) < 4.78 is 0. The minimum atomic E-state index is -0.407. The van der Waals surface area contributed by atoms with E-state index in [2.05, 4.69) is 5.32 Å². The normalized spacial score (nSPS) is 12.5. The first-order chi connectivity index (χ1) is 8.88. The molecule has 0 heterocycles. The number of halogens is 2. The second-order valence-electron chi connectivity index (χ2n) is 4.53. The fourth-order valence-electron chi connectivity index (χ4n) is 1.64. The third-order valence-corrected chi connectivity index (χ3v) is 3.06. The molecule has 0 bridgehead atoms. The van der Waals surface area contributed by atoms with Crippen LogP contribution < -0.4 is 5.32 Å². The van der Waals surface area contributed by atoms with E-state index in [0.717, 1.165) is 0 Å². The summed E-state index contributed by atoms with van der Waals surface area (Å²) >= 11 is 11.8. The largest absolute Gasteiger partial charge is 0.392 e.